The van der Waals surface area contributed by atoms with E-state index >= 15 is 0 Å². The summed E-state index contributed by atoms with van der Waals surface area (Å²) in [5.74, 6) is -0.762. The van der Waals surface area contributed by atoms with E-state index in [2.05, 4.69) is 5.32 Å². The second-order valence-electron chi connectivity index (χ2n) is 6.33. The lowest BCUT2D eigenvalue weighted by molar-refractivity contribution is 0.0950. The highest BCUT2D eigenvalue weighted by Crippen LogP contribution is 2.17. The number of amides is 1. The van der Waals surface area contributed by atoms with Crippen LogP contribution < -0.4 is 5.32 Å². The number of hydrogen-bond acceptors (Lipinski definition) is 3. The van der Waals surface area contributed by atoms with E-state index in [4.69, 9.17) is 0 Å². The van der Waals surface area contributed by atoms with Crippen molar-refractivity contribution < 1.29 is 17.6 Å². The lowest BCUT2D eigenvalue weighted by Gasteiger charge is -2.15. The minimum atomic E-state index is -3.31. The molecule has 0 aromatic heterocycles. The van der Waals surface area contributed by atoms with E-state index in [1.165, 1.54) is 10.4 Å². The number of carbonyl (C=O) groups is 1. The van der Waals surface area contributed by atoms with Crippen LogP contribution in [-0.4, -0.2) is 31.7 Å². The Kier molecular flexibility index (Phi) is 5.68. The lowest BCUT2D eigenvalue weighted by Crippen LogP contribution is -2.29. The van der Waals surface area contributed by atoms with E-state index in [-0.39, 0.29) is 24.0 Å². The molecule has 0 bridgehead atoms. The number of hydrogen-bond donors (Lipinski definition) is 1. The van der Waals surface area contributed by atoms with Crippen molar-refractivity contribution in [2.24, 2.45) is 0 Å². The molecular weight excluding hydrogens is 355 g/mol. The third-order valence-electron chi connectivity index (χ3n) is 4.42. The first kappa shape index (κ1) is 18.5. The van der Waals surface area contributed by atoms with Gasteiger partial charge in [-0.15, -0.1) is 0 Å². The van der Waals surface area contributed by atoms with Gasteiger partial charge in [0.1, 0.15) is 5.82 Å². The van der Waals surface area contributed by atoms with Gasteiger partial charge in [0.2, 0.25) is 10.0 Å². The molecule has 1 aliphatic rings. The van der Waals surface area contributed by atoms with Crippen LogP contribution in [0, 0.1) is 5.82 Å². The first-order valence-corrected chi connectivity index (χ1v) is 10.1. The van der Waals surface area contributed by atoms with Crippen LogP contribution in [-0.2, 0) is 22.3 Å². The number of benzene rings is 2. The molecule has 1 amide bonds. The quantitative estimate of drug-likeness (QED) is 0.843. The molecule has 3 rings (SSSR count). The van der Waals surface area contributed by atoms with Gasteiger partial charge in [-0.1, -0.05) is 30.3 Å². The van der Waals surface area contributed by atoms with Gasteiger partial charge >= 0.3 is 0 Å². The van der Waals surface area contributed by atoms with Gasteiger partial charge < -0.3 is 5.32 Å². The fourth-order valence-corrected chi connectivity index (χ4v) is 4.55. The summed E-state index contributed by atoms with van der Waals surface area (Å²) in [4.78, 5) is 12.2. The molecular formula is C19H21FN2O3S. The highest BCUT2D eigenvalue weighted by atomic mass is 32.2. The van der Waals surface area contributed by atoms with Crippen LogP contribution in [0.3, 0.4) is 0 Å². The second-order valence-corrected chi connectivity index (χ2v) is 8.30. The summed E-state index contributed by atoms with van der Waals surface area (Å²) >= 11 is 0. The van der Waals surface area contributed by atoms with E-state index in [1.54, 1.807) is 42.5 Å². The van der Waals surface area contributed by atoms with Crippen molar-refractivity contribution in [1.82, 2.24) is 9.62 Å². The molecule has 0 saturated carbocycles. The third-order valence-corrected chi connectivity index (χ3v) is 6.27. The molecule has 0 aliphatic carbocycles. The smallest absolute Gasteiger partial charge is 0.251 e. The molecule has 0 spiro atoms. The van der Waals surface area contributed by atoms with Gasteiger partial charge in [0.25, 0.3) is 5.91 Å². The second kappa shape index (κ2) is 7.97. The zero-order chi connectivity index (χ0) is 18.6. The number of sulfonamides is 1. The Morgan fingerprint density at radius 2 is 1.69 bits per heavy atom. The predicted molar refractivity (Wildman–Crippen MR) is 97.4 cm³/mol. The summed E-state index contributed by atoms with van der Waals surface area (Å²) in [6.45, 7) is 1.26. The first-order valence-electron chi connectivity index (χ1n) is 8.54. The minimum Gasteiger partial charge on any atom is -0.348 e. The monoisotopic (exact) mass is 376 g/mol. The van der Waals surface area contributed by atoms with E-state index in [0.29, 0.717) is 29.8 Å². The summed E-state index contributed by atoms with van der Waals surface area (Å²) in [5.41, 5.74) is 1.46. The number of nitrogens with one attached hydrogen (secondary N) is 1. The predicted octanol–water partition coefficient (Wildman–Crippen LogP) is 2.68. The van der Waals surface area contributed by atoms with Crippen LogP contribution in [0.5, 0.6) is 0 Å². The highest BCUT2D eigenvalue weighted by Gasteiger charge is 2.25. The Morgan fingerprint density at radius 3 is 2.35 bits per heavy atom. The molecule has 7 heteroatoms. The molecule has 1 fully saturated rings. The molecule has 0 atom stereocenters. The molecule has 0 unspecified atom stereocenters. The Balaban J connectivity index is 1.60. The van der Waals surface area contributed by atoms with Gasteiger partial charge in [-0.05, 0) is 36.6 Å². The van der Waals surface area contributed by atoms with Crippen molar-refractivity contribution in [2.45, 2.75) is 25.1 Å². The van der Waals surface area contributed by atoms with Gasteiger partial charge in [-0.25, -0.2) is 17.1 Å². The highest BCUT2D eigenvalue weighted by molar-refractivity contribution is 7.88. The average Bonchev–Trinajstić information content (AvgIpc) is 3.17. The molecule has 26 heavy (non-hydrogen) atoms. The molecule has 0 radical (unpaired) electrons. The first-order chi connectivity index (χ1) is 12.5. The number of carbonyl (C=O) groups excluding carboxylic acids is 1. The van der Waals surface area contributed by atoms with Gasteiger partial charge in [-0.2, -0.15) is 0 Å². The van der Waals surface area contributed by atoms with Gasteiger partial charge in [0, 0.05) is 30.8 Å². The van der Waals surface area contributed by atoms with Gasteiger partial charge in [0.15, 0.2) is 0 Å². The maximum atomic E-state index is 13.6. The van der Waals surface area contributed by atoms with Crippen LogP contribution in [0.1, 0.15) is 34.3 Å². The van der Waals surface area contributed by atoms with Crippen LogP contribution in [0.4, 0.5) is 4.39 Å². The van der Waals surface area contributed by atoms with Crippen molar-refractivity contribution in [3.8, 4) is 0 Å². The van der Waals surface area contributed by atoms with Crippen LogP contribution in [0.15, 0.2) is 48.5 Å². The fourth-order valence-electron chi connectivity index (χ4n) is 2.94. The summed E-state index contributed by atoms with van der Waals surface area (Å²) in [6, 6.07) is 12.7. The van der Waals surface area contributed by atoms with Crippen molar-refractivity contribution in [3.05, 3.63) is 71.0 Å². The Morgan fingerprint density at radius 1 is 1.04 bits per heavy atom. The standard InChI is InChI=1S/C19H21FN2O3S/c20-18-6-2-1-5-17(18)13-21-19(23)16-9-7-15(8-10-16)14-26(24,25)22-11-3-4-12-22/h1-2,5-10H,3-4,11-14H2,(H,21,23). The summed E-state index contributed by atoms with van der Waals surface area (Å²) in [6.07, 6.45) is 1.81. The van der Waals surface area contributed by atoms with Crippen molar-refractivity contribution in [3.63, 3.8) is 0 Å². The molecule has 5 nitrogen and oxygen atoms in total. The fraction of sp³-hybridized carbons (Fsp3) is 0.316. The minimum absolute atomic E-state index is 0.0654. The molecule has 2 aromatic rings. The zero-order valence-electron chi connectivity index (χ0n) is 14.3. The van der Waals surface area contributed by atoms with Crippen molar-refractivity contribution in [2.75, 3.05) is 13.1 Å². The number of rotatable bonds is 6. The van der Waals surface area contributed by atoms with Gasteiger partial charge in [-0.3, -0.25) is 4.79 Å². The Bertz CT molecular complexity index is 876. The topological polar surface area (TPSA) is 66.5 Å². The molecule has 138 valence electrons. The van der Waals surface area contributed by atoms with Crippen molar-refractivity contribution >= 4 is 15.9 Å². The van der Waals surface area contributed by atoms with Gasteiger partial charge in [0.05, 0.1) is 5.75 Å². The van der Waals surface area contributed by atoms with Crippen molar-refractivity contribution in [1.29, 1.82) is 0 Å². The van der Waals surface area contributed by atoms with E-state index in [9.17, 15) is 17.6 Å². The molecule has 1 saturated heterocycles. The maximum Gasteiger partial charge on any atom is 0.251 e. The van der Waals surface area contributed by atoms with E-state index in [0.717, 1.165) is 12.8 Å². The molecule has 1 heterocycles. The largest absolute Gasteiger partial charge is 0.348 e. The summed E-state index contributed by atoms with van der Waals surface area (Å²) in [7, 11) is -3.31. The third kappa shape index (κ3) is 4.47. The maximum absolute atomic E-state index is 13.6. The van der Waals surface area contributed by atoms with E-state index in [1.807, 2.05) is 0 Å². The molecule has 1 N–H and O–H groups in total. The zero-order valence-corrected chi connectivity index (χ0v) is 15.1. The lowest BCUT2D eigenvalue weighted by atomic mass is 10.1. The Labute approximate surface area is 152 Å². The summed E-state index contributed by atoms with van der Waals surface area (Å²) < 4.78 is 39.7. The normalized spacial score (nSPS) is 15.1. The molecule has 2 aromatic carbocycles. The van der Waals surface area contributed by atoms with Crippen LogP contribution in [0.25, 0.3) is 0 Å². The van der Waals surface area contributed by atoms with Crippen LogP contribution in [0.2, 0.25) is 0 Å². The Hall–Kier alpha value is -2.25. The number of nitrogens with zero attached hydrogens (tertiary/aromatic N) is 1. The number of halogens is 1. The van der Waals surface area contributed by atoms with E-state index < -0.39 is 10.0 Å². The SMILES string of the molecule is O=C(NCc1ccccc1F)c1ccc(CS(=O)(=O)N2CCCC2)cc1. The average molecular weight is 376 g/mol. The summed E-state index contributed by atoms with van der Waals surface area (Å²) in [5, 5.41) is 2.66. The molecule has 1 aliphatic heterocycles. The van der Waals surface area contributed by atoms with Crippen LogP contribution >= 0.6 is 0 Å².